The molecule has 2 aliphatic rings. The summed E-state index contributed by atoms with van der Waals surface area (Å²) in [6.07, 6.45) is 3.86. The Morgan fingerprint density at radius 2 is 2.27 bits per heavy atom. The standard InChI is InChI=1S/C17H25N3O2/c1-2-19-10-11-22-14-17(12-19)7-5-9-20(13-17)16(21)15-6-3-4-8-18-15/h3-4,6,8H,2,5,7,9-14H2,1H3. The molecule has 0 N–H and O–H groups in total. The van der Waals surface area contributed by atoms with Crippen molar-refractivity contribution < 1.29 is 9.53 Å². The third-order valence-corrected chi connectivity index (χ3v) is 4.80. The second kappa shape index (κ2) is 6.75. The minimum absolute atomic E-state index is 0.0481. The first-order valence-electron chi connectivity index (χ1n) is 8.23. The molecule has 3 heterocycles. The fourth-order valence-electron chi connectivity index (χ4n) is 3.63. The van der Waals surface area contributed by atoms with Gasteiger partial charge in [0.1, 0.15) is 5.69 Å². The van der Waals surface area contributed by atoms with Crippen LogP contribution in [0.4, 0.5) is 0 Å². The van der Waals surface area contributed by atoms with Gasteiger partial charge >= 0.3 is 0 Å². The largest absolute Gasteiger partial charge is 0.379 e. The van der Waals surface area contributed by atoms with Gasteiger partial charge in [0, 0.05) is 37.8 Å². The number of rotatable bonds is 2. The summed E-state index contributed by atoms with van der Waals surface area (Å²) in [6.45, 7) is 8.40. The quantitative estimate of drug-likeness (QED) is 0.833. The van der Waals surface area contributed by atoms with Gasteiger partial charge < -0.3 is 14.5 Å². The number of likely N-dealkylation sites (tertiary alicyclic amines) is 1. The van der Waals surface area contributed by atoms with Crippen LogP contribution in [-0.4, -0.2) is 66.6 Å². The van der Waals surface area contributed by atoms with Gasteiger partial charge in [-0.3, -0.25) is 9.78 Å². The van der Waals surface area contributed by atoms with Crippen LogP contribution in [0.15, 0.2) is 24.4 Å². The highest BCUT2D eigenvalue weighted by Crippen LogP contribution is 2.33. The molecule has 1 unspecified atom stereocenters. The van der Waals surface area contributed by atoms with Crippen molar-refractivity contribution in [2.45, 2.75) is 19.8 Å². The van der Waals surface area contributed by atoms with Gasteiger partial charge in [0.15, 0.2) is 0 Å². The van der Waals surface area contributed by atoms with Gasteiger partial charge in [-0.15, -0.1) is 0 Å². The molecule has 2 aliphatic heterocycles. The number of ether oxygens (including phenoxy) is 1. The molecule has 0 radical (unpaired) electrons. The molecule has 1 spiro atoms. The lowest BCUT2D eigenvalue weighted by Crippen LogP contribution is -2.52. The van der Waals surface area contributed by atoms with Crippen molar-refractivity contribution in [2.24, 2.45) is 5.41 Å². The van der Waals surface area contributed by atoms with E-state index in [1.807, 2.05) is 17.0 Å². The zero-order valence-electron chi connectivity index (χ0n) is 13.3. The number of hydrogen-bond donors (Lipinski definition) is 0. The summed E-state index contributed by atoms with van der Waals surface area (Å²) in [6, 6.07) is 5.51. The van der Waals surface area contributed by atoms with Crippen molar-refractivity contribution in [3.05, 3.63) is 30.1 Å². The number of likely N-dealkylation sites (N-methyl/N-ethyl adjacent to an activating group) is 1. The van der Waals surface area contributed by atoms with Crippen LogP contribution in [0, 0.1) is 5.41 Å². The van der Waals surface area contributed by atoms with E-state index in [1.54, 1.807) is 12.3 Å². The van der Waals surface area contributed by atoms with Crippen LogP contribution in [0.2, 0.25) is 0 Å². The second-order valence-electron chi connectivity index (χ2n) is 6.47. The van der Waals surface area contributed by atoms with E-state index < -0.39 is 0 Å². The molecule has 120 valence electrons. The number of pyridine rings is 1. The lowest BCUT2D eigenvalue weighted by molar-refractivity contribution is 0.00743. The predicted octanol–water partition coefficient (Wildman–Crippen LogP) is 1.66. The highest BCUT2D eigenvalue weighted by Gasteiger charge is 2.40. The van der Waals surface area contributed by atoms with E-state index in [-0.39, 0.29) is 11.3 Å². The van der Waals surface area contributed by atoms with Gasteiger partial charge in [0.2, 0.25) is 0 Å². The molecule has 2 saturated heterocycles. The predicted molar refractivity (Wildman–Crippen MR) is 84.7 cm³/mol. The molecule has 2 fully saturated rings. The van der Waals surface area contributed by atoms with E-state index in [0.29, 0.717) is 5.69 Å². The average Bonchev–Trinajstić information content (AvgIpc) is 2.77. The Balaban J connectivity index is 1.74. The normalized spacial score (nSPS) is 26.9. The number of nitrogens with zero attached hydrogens (tertiary/aromatic N) is 3. The fraction of sp³-hybridized carbons (Fsp3) is 0.647. The van der Waals surface area contributed by atoms with E-state index >= 15 is 0 Å². The molecule has 5 heteroatoms. The van der Waals surface area contributed by atoms with Gasteiger partial charge in [0.05, 0.1) is 13.2 Å². The molecule has 0 saturated carbocycles. The van der Waals surface area contributed by atoms with Crippen LogP contribution in [0.3, 0.4) is 0 Å². The van der Waals surface area contributed by atoms with Gasteiger partial charge in [0.25, 0.3) is 5.91 Å². The third kappa shape index (κ3) is 3.31. The van der Waals surface area contributed by atoms with E-state index in [4.69, 9.17) is 4.74 Å². The summed E-state index contributed by atoms with van der Waals surface area (Å²) in [5, 5.41) is 0. The number of piperidine rings is 1. The van der Waals surface area contributed by atoms with Crippen LogP contribution in [-0.2, 0) is 4.74 Å². The second-order valence-corrected chi connectivity index (χ2v) is 6.47. The number of aromatic nitrogens is 1. The fourth-order valence-corrected chi connectivity index (χ4v) is 3.63. The smallest absolute Gasteiger partial charge is 0.272 e. The van der Waals surface area contributed by atoms with Gasteiger partial charge in [-0.25, -0.2) is 0 Å². The maximum atomic E-state index is 12.7. The molecular weight excluding hydrogens is 278 g/mol. The van der Waals surface area contributed by atoms with Crippen LogP contribution in [0.25, 0.3) is 0 Å². The molecule has 1 atom stereocenters. The number of carbonyl (C=O) groups is 1. The lowest BCUT2D eigenvalue weighted by Gasteiger charge is -2.43. The highest BCUT2D eigenvalue weighted by atomic mass is 16.5. The Kier molecular flexibility index (Phi) is 4.74. The van der Waals surface area contributed by atoms with Crippen molar-refractivity contribution in [1.82, 2.24) is 14.8 Å². The molecule has 1 aromatic heterocycles. The van der Waals surface area contributed by atoms with E-state index in [2.05, 4.69) is 16.8 Å². The summed E-state index contributed by atoms with van der Waals surface area (Å²) in [7, 11) is 0. The first-order valence-corrected chi connectivity index (χ1v) is 8.23. The molecule has 5 nitrogen and oxygen atoms in total. The molecule has 1 amide bonds. The van der Waals surface area contributed by atoms with Crippen molar-refractivity contribution in [3.8, 4) is 0 Å². The zero-order valence-corrected chi connectivity index (χ0v) is 13.3. The Morgan fingerprint density at radius 3 is 3.05 bits per heavy atom. The minimum Gasteiger partial charge on any atom is -0.379 e. The van der Waals surface area contributed by atoms with Gasteiger partial charge in [-0.2, -0.15) is 0 Å². The average molecular weight is 303 g/mol. The van der Waals surface area contributed by atoms with Crippen LogP contribution in [0.5, 0.6) is 0 Å². The van der Waals surface area contributed by atoms with E-state index in [0.717, 1.165) is 58.8 Å². The van der Waals surface area contributed by atoms with E-state index in [9.17, 15) is 4.79 Å². The monoisotopic (exact) mass is 303 g/mol. The number of hydrogen-bond acceptors (Lipinski definition) is 4. The summed E-state index contributed by atoms with van der Waals surface area (Å²) < 4.78 is 5.86. The van der Waals surface area contributed by atoms with Crippen LogP contribution < -0.4 is 0 Å². The Morgan fingerprint density at radius 1 is 1.36 bits per heavy atom. The molecule has 1 aromatic rings. The third-order valence-electron chi connectivity index (χ3n) is 4.80. The molecule has 0 aliphatic carbocycles. The molecular formula is C17H25N3O2. The number of carbonyl (C=O) groups excluding carboxylic acids is 1. The van der Waals surface area contributed by atoms with Crippen molar-refractivity contribution in [1.29, 1.82) is 0 Å². The molecule has 22 heavy (non-hydrogen) atoms. The number of amides is 1. The molecule has 0 bridgehead atoms. The summed E-state index contributed by atoms with van der Waals surface area (Å²) in [4.78, 5) is 21.3. The van der Waals surface area contributed by atoms with Crippen molar-refractivity contribution in [2.75, 3.05) is 45.9 Å². The highest BCUT2D eigenvalue weighted by molar-refractivity contribution is 5.92. The topological polar surface area (TPSA) is 45.7 Å². The van der Waals surface area contributed by atoms with Crippen LogP contribution in [0.1, 0.15) is 30.3 Å². The molecule has 3 rings (SSSR count). The lowest BCUT2D eigenvalue weighted by atomic mass is 9.80. The first-order chi connectivity index (χ1) is 10.7. The van der Waals surface area contributed by atoms with Crippen molar-refractivity contribution in [3.63, 3.8) is 0 Å². The summed E-state index contributed by atoms with van der Waals surface area (Å²) >= 11 is 0. The maximum Gasteiger partial charge on any atom is 0.272 e. The Hall–Kier alpha value is -1.46. The van der Waals surface area contributed by atoms with Gasteiger partial charge in [-0.05, 0) is 31.5 Å². The van der Waals surface area contributed by atoms with Crippen LogP contribution >= 0.6 is 0 Å². The Labute approximate surface area is 132 Å². The maximum absolute atomic E-state index is 12.7. The Bertz CT molecular complexity index is 508. The summed E-state index contributed by atoms with van der Waals surface area (Å²) in [5.74, 6) is 0.0481. The SMILES string of the molecule is CCN1CCOCC2(CCCN(C(=O)c3ccccn3)C2)C1. The first kappa shape index (κ1) is 15.4. The molecule has 0 aromatic carbocycles. The minimum atomic E-state index is 0.0481. The zero-order chi connectivity index (χ0) is 15.4. The van der Waals surface area contributed by atoms with Gasteiger partial charge in [-0.1, -0.05) is 13.0 Å². The van der Waals surface area contributed by atoms with Crippen molar-refractivity contribution >= 4 is 5.91 Å². The van der Waals surface area contributed by atoms with E-state index in [1.165, 1.54) is 0 Å². The summed E-state index contributed by atoms with van der Waals surface area (Å²) in [5.41, 5.74) is 0.622.